The molecular formula is C8H8FN3S. The highest BCUT2D eigenvalue weighted by atomic mass is 32.2. The Morgan fingerprint density at radius 3 is 3.08 bits per heavy atom. The maximum Gasteiger partial charge on any atom is 0.171 e. The molecule has 0 fully saturated rings. The lowest BCUT2D eigenvalue weighted by molar-refractivity contribution is 0.919. The summed E-state index contributed by atoms with van der Waals surface area (Å²) in [4.78, 5) is 4.04. The van der Waals surface area contributed by atoms with Gasteiger partial charge < -0.3 is 5.73 Å². The molecule has 1 aromatic carbocycles. The van der Waals surface area contributed by atoms with Gasteiger partial charge in [-0.2, -0.15) is 0 Å². The average molecular weight is 197 g/mol. The van der Waals surface area contributed by atoms with E-state index in [1.165, 1.54) is 10.3 Å². The van der Waals surface area contributed by atoms with Crippen LogP contribution in [-0.4, -0.2) is 8.96 Å². The highest BCUT2D eigenvalue weighted by molar-refractivity contribution is 7.92. The highest BCUT2D eigenvalue weighted by Crippen LogP contribution is 2.19. The van der Waals surface area contributed by atoms with Gasteiger partial charge in [-0.05, 0) is 17.7 Å². The van der Waals surface area contributed by atoms with Gasteiger partial charge in [-0.25, -0.2) is 8.96 Å². The minimum Gasteiger partial charge on any atom is -0.326 e. The summed E-state index contributed by atoms with van der Waals surface area (Å²) >= 11 is 0.141. The van der Waals surface area contributed by atoms with E-state index in [2.05, 4.69) is 4.98 Å². The minimum atomic E-state index is 0.141. The Balaban J connectivity index is 2.61. The van der Waals surface area contributed by atoms with Gasteiger partial charge >= 0.3 is 0 Å². The van der Waals surface area contributed by atoms with Crippen LogP contribution in [0.15, 0.2) is 24.5 Å². The van der Waals surface area contributed by atoms with E-state index < -0.39 is 0 Å². The first kappa shape index (κ1) is 8.52. The number of halogens is 1. The number of aromatic nitrogens is 2. The molecule has 3 nitrogen and oxygen atoms in total. The largest absolute Gasteiger partial charge is 0.326 e. The van der Waals surface area contributed by atoms with Crippen molar-refractivity contribution in [3.63, 3.8) is 0 Å². The Labute approximate surface area is 79.2 Å². The van der Waals surface area contributed by atoms with Gasteiger partial charge in [-0.15, -0.1) is 3.89 Å². The Hall–Kier alpha value is -1.07. The molecule has 0 amide bonds. The second-order valence-corrected chi connectivity index (χ2v) is 3.20. The summed E-state index contributed by atoms with van der Waals surface area (Å²) in [6.07, 6.45) is 1.45. The third kappa shape index (κ3) is 1.40. The summed E-state index contributed by atoms with van der Waals surface area (Å²) in [7, 11) is 0. The van der Waals surface area contributed by atoms with Crippen molar-refractivity contribution in [3.05, 3.63) is 30.1 Å². The summed E-state index contributed by atoms with van der Waals surface area (Å²) in [5, 5.41) is 0. The Morgan fingerprint density at radius 1 is 1.54 bits per heavy atom. The quantitative estimate of drug-likeness (QED) is 0.799. The smallest absolute Gasteiger partial charge is 0.171 e. The lowest BCUT2D eigenvalue weighted by atomic mass is 10.2. The molecule has 0 aliphatic rings. The van der Waals surface area contributed by atoms with Crippen LogP contribution < -0.4 is 5.73 Å². The first-order valence-corrected chi connectivity index (χ1v) is 4.47. The topological polar surface area (TPSA) is 43.8 Å². The van der Waals surface area contributed by atoms with Gasteiger partial charge in [-0.1, -0.05) is 6.07 Å². The monoisotopic (exact) mass is 197 g/mol. The molecule has 1 aromatic heterocycles. The van der Waals surface area contributed by atoms with Crippen LogP contribution in [0.3, 0.4) is 0 Å². The van der Waals surface area contributed by atoms with Crippen molar-refractivity contribution >= 4 is 23.4 Å². The molecule has 0 unspecified atom stereocenters. The van der Waals surface area contributed by atoms with Crippen LogP contribution in [0.4, 0.5) is 3.89 Å². The molecule has 2 aromatic rings. The molecule has 5 heteroatoms. The molecule has 13 heavy (non-hydrogen) atoms. The normalized spacial score (nSPS) is 10.9. The maximum absolute atomic E-state index is 12.3. The first-order valence-electron chi connectivity index (χ1n) is 3.80. The molecule has 1 heterocycles. The van der Waals surface area contributed by atoms with E-state index in [9.17, 15) is 3.89 Å². The number of hydrogen-bond acceptors (Lipinski definition) is 3. The lowest BCUT2D eigenvalue weighted by Crippen LogP contribution is -1.95. The summed E-state index contributed by atoms with van der Waals surface area (Å²) in [5.74, 6) is 0. The number of nitrogens with zero attached hydrogens (tertiary/aromatic N) is 2. The van der Waals surface area contributed by atoms with Crippen LogP contribution in [0.2, 0.25) is 0 Å². The zero-order valence-corrected chi connectivity index (χ0v) is 7.59. The van der Waals surface area contributed by atoms with Crippen molar-refractivity contribution in [2.45, 2.75) is 6.54 Å². The number of rotatable bonds is 2. The van der Waals surface area contributed by atoms with Gasteiger partial charge in [0.15, 0.2) is 12.3 Å². The van der Waals surface area contributed by atoms with Gasteiger partial charge in [0.2, 0.25) is 0 Å². The fourth-order valence-electron chi connectivity index (χ4n) is 1.22. The van der Waals surface area contributed by atoms with Gasteiger partial charge in [-0.3, -0.25) is 0 Å². The molecule has 0 radical (unpaired) electrons. The van der Waals surface area contributed by atoms with Crippen molar-refractivity contribution in [1.29, 1.82) is 0 Å². The van der Waals surface area contributed by atoms with Gasteiger partial charge in [0.05, 0.1) is 11.0 Å². The van der Waals surface area contributed by atoms with Crippen molar-refractivity contribution in [2.75, 3.05) is 0 Å². The van der Waals surface area contributed by atoms with E-state index in [1.807, 2.05) is 18.2 Å². The molecule has 0 atom stereocenters. The zero-order chi connectivity index (χ0) is 9.26. The van der Waals surface area contributed by atoms with Crippen molar-refractivity contribution in [2.24, 2.45) is 5.73 Å². The average Bonchev–Trinajstić information content (AvgIpc) is 2.59. The van der Waals surface area contributed by atoms with E-state index in [1.54, 1.807) is 0 Å². The van der Waals surface area contributed by atoms with E-state index >= 15 is 0 Å². The van der Waals surface area contributed by atoms with Crippen LogP contribution in [0.25, 0.3) is 11.0 Å². The van der Waals surface area contributed by atoms with Gasteiger partial charge in [0.25, 0.3) is 0 Å². The van der Waals surface area contributed by atoms with Crippen LogP contribution in [0.1, 0.15) is 5.56 Å². The second kappa shape index (κ2) is 3.35. The summed E-state index contributed by atoms with van der Waals surface area (Å²) in [6.45, 7) is 0.478. The number of imidazole rings is 1. The highest BCUT2D eigenvalue weighted by Gasteiger charge is 2.02. The Morgan fingerprint density at radius 2 is 2.38 bits per heavy atom. The molecule has 0 aliphatic heterocycles. The molecule has 2 rings (SSSR count). The predicted octanol–water partition coefficient (Wildman–Crippen LogP) is 1.88. The standard InChI is InChI=1S/C8H8FN3S/c9-13-12-5-11-7-3-6(4-10)1-2-8(7)12/h1-3,5H,4,10H2. The summed E-state index contributed by atoms with van der Waals surface area (Å²) in [6, 6.07) is 5.55. The fourth-order valence-corrected chi connectivity index (χ4v) is 1.53. The SMILES string of the molecule is NCc1ccc2c(c1)ncn2SF. The summed E-state index contributed by atoms with van der Waals surface area (Å²) < 4.78 is 13.7. The fraction of sp³-hybridized carbons (Fsp3) is 0.125. The maximum atomic E-state index is 12.3. The van der Waals surface area contributed by atoms with E-state index in [4.69, 9.17) is 5.73 Å². The predicted molar refractivity (Wildman–Crippen MR) is 51.7 cm³/mol. The third-order valence-electron chi connectivity index (χ3n) is 1.89. The number of benzene rings is 1. The Bertz CT molecular complexity index is 426. The van der Waals surface area contributed by atoms with E-state index in [-0.39, 0.29) is 12.3 Å². The zero-order valence-electron chi connectivity index (χ0n) is 6.77. The van der Waals surface area contributed by atoms with E-state index in [0.717, 1.165) is 16.6 Å². The molecular weight excluding hydrogens is 189 g/mol. The van der Waals surface area contributed by atoms with Gasteiger partial charge in [0, 0.05) is 6.54 Å². The number of fused-ring (bicyclic) bond motifs is 1. The lowest BCUT2D eigenvalue weighted by Gasteiger charge is -1.97. The van der Waals surface area contributed by atoms with Crippen LogP contribution in [0, 0.1) is 0 Å². The van der Waals surface area contributed by atoms with Crippen molar-refractivity contribution in [1.82, 2.24) is 8.96 Å². The Kier molecular flexibility index (Phi) is 2.20. The number of nitrogens with two attached hydrogens (primary N) is 1. The van der Waals surface area contributed by atoms with Crippen LogP contribution >= 0.6 is 12.3 Å². The molecule has 68 valence electrons. The van der Waals surface area contributed by atoms with Crippen molar-refractivity contribution in [3.8, 4) is 0 Å². The second-order valence-electron chi connectivity index (χ2n) is 2.67. The molecule has 0 aliphatic carbocycles. The third-order valence-corrected chi connectivity index (χ3v) is 2.33. The van der Waals surface area contributed by atoms with E-state index in [0.29, 0.717) is 6.54 Å². The minimum absolute atomic E-state index is 0.141. The van der Waals surface area contributed by atoms with Gasteiger partial charge in [0.1, 0.15) is 6.33 Å². The molecule has 2 N–H and O–H groups in total. The van der Waals surface area contributed by atoms with Crippen molar-refractivity contribution < 1.29 is 3.89 Å². The number of hydrogen-bond donors (Lipinski definition) is 1. The molecule has 0 saturated heterocycles. The molecule has 0 saturated carbocycles. The van der Waals surface area contributed by atoms with Crippen LogP contribution in [-0.2, 0) is 6.54 Å². The first-order chi connectivity index (χ1) is 6.35. The summed E-state index contributed by atoms with van der Waals surface area (Å²) in [5.41, 5.74) is 8.01. The molecule has 0 spiro atoms. The molecule has 0 bridgehead atoms. The van der Waals surface area contributed by atoms with Crippen LogP contribution in [0.5, 0.6) is 0 Å².